The predicted octanol–water partition coefficient (Wildman–Crippen LogP) is 2.96. The van der Waals surface area contributed by atoms with Crippen molar-refractivity contribution in [3.8, 4) is 11.5 Å². The topological polar surface area (TPSA) is 50.7 Å². The highest BCUT2D eigenvalue weighted by atomic mass is 35.5. The molecule has 2 heterocycles. The van der Waals surface area contributed by atoms with Crippen LogP contribution in [-0.4, -0.2) is 28.5 Å². The van der Waals surface area contributed by atoms with Gasteiger partial charge in [-0.25, -0.2) is 9.97 Å². The number of nitrogens with zero attached hydrogens (tertiary/aromatic N) is 3. The molecule has 0 atom stereocenters. The number of hydrogen-bond acceptors (Lipinski definition) is 4. The summed E-state index contributed by atoms with van der Waals surface area (Å²) in [7, 11) is 1.96. The van der Waals surface area contributed by atoms with Crippen LogP contribution in [0.1, 0.15) is 23.4 Å². The number of nitrogens with one attached hydrogen (secondary N) is 1. The fourth-order valence-corrected chi connectivity index (χ4v) is 2.28. The lowest BCUT2D eigenvalue weighted by molar-refractivity contribution is 0.715. The zero-order valence-electron chi connectivity index (χ0n) is 12.1. The van der Waals surface area contributed by atoms with Crippen LogP contribution in [0, 0.1) is 13.8 Å². The number of aryl methyl sites for hydroxylation is 2. The second kappa shape index (κ2) is 6.77. The molecule has 0 unspecified atom stereocenters. The monoisotopic (exact) mass is 290 g/mol. The van der Waals surface area contributed by atoms with Crippen molar-refractivity contribution < 1.29 is 0 Å². The third-order valence-corrected chi connectivity index (χ3v) is 3.45. The maximum Gasteiger partial charge on any atom is 0.178 e. The van der Waals surface area contributed by atoms with Crippen molar-refractivity contribution in [2.24, 2.45) is 0 Å². The summed E-state index contributed by atoms with van der Waals surface area (Å²) in [5.74, 6) is 0.661. The zero-order chi connectivity index (χ0) is 14.5. The molecule has 0 aliphatic carbocycles. The summed E-state index contributed by atoms with van der Waals surface area (Å²) < 4.78 is 0. The molecular weight excluding hydrogens is 272 g/mol. The molecule has 4 nitrogen and oxygen atoms in total. The molecule has 2 rings (SSSR count). The van der Waals surface area contributed by atoms with Gasteiger partial charge >= 0.3 is 0 Å². The second-order valence-corrected chi connectivity index (χ2v) is 5.20. The van der Waals surface area contributed by atoms with Crippen LogP contribution in [0.4, 0.5) is 0 Å². The van der Waals surface area contributed by atoms with Gasteiger partial charge in [0.1, 0.15) is 5.69 Å². The zero-order valence-corrected chi connectivity index (χ0v) is 12.8. The van der Waals surface area contributed by atoms with E-state index in [4.69, 9.17) is 11.6 Å². The van der Waals surface area contributed by atoms with E-state index in [9.17, 15) is 0 Å². The summed E-state index contributed by atoms with van der Waals surface area (Å²) in [4.78, 5) is 13.4. The van der Waals surface area contributed by atoms with E-state index in [0.717, 1.165) is 36.5 Å². The summed E-state index contributed by atoms with van der Waals surface area (Å²) in [5, 5.41) is 3.77. The number of hydrogen-bond donors (Lipinski definition) is 1. The molecule has 1 N–H and O–H groups in total. The van der Waals surface area contributed by atoms with Crippen LogP contribution in [0.3, 0.4) is 0 Å². The van der Waals surface area contributed by atoms with Gasteiger partial charge in [0.15, 0.2) is 5.82 Å². The van der Waals surface area contributed by atoms with E-state index in [1.165, 1.54) is 5.56 Å². The van der Waals surface area contributed by atoms with E-state index in [0.29, 0.717) is 10.8 Å². The highest BCUT2D eigenvalue weighted by Gasteiger charge is 2.10. The lowest BCUT2D eigenvalue weighted by Crippen LogP contribution is -2.10. The number of halogens is 1. The number of aromatic nitrogens is 3. The summed E-state index contributed by atoms with van der Waals surface area (Å²) in [6.45, 7) is 5.06. The molecule has 0 radical (unpaired) electrons. The SMILES string of the molecule is CNCCCc1c(C)nc(-c2ccc(Cl)cn2)nc1C. The smallest absolute Gasteiger partial charge is 0.178 e. The summed E-state index contributed by atoms with van der Waals surface area (Å²) in [5.41, 5.74) is 4.04. The fourth-order valence-electron chi connectivity index (χ4n) is 2.17. The average Bonchev–Trinajstić information content (AvgIpc) is 2.42. The molecule has 2 aromatic heterocycles. The Hall–Kier alpha value is -1.52. The van der Waals surface area contributed by atoms with Gasteiger partial charge < -0.3 is 5.32 Å². The van der Waals surface area contributed by atoms with Gasteiger partial charge in [-0.3, -0.25) is 4.98 Å². The van der Waals surface area contributed by atoms with Gasteiger partial charge in [-0.1, -0.05) is 11.6 Å². The first-order chi connectivity index (χ1) is 9.61. The first kappa shape index (κ1) is 14.9. The first-order valence-corrected chi connectivity index (χ1v) is 7.10. The minimum absolute atomic E-state index is 0.617. The summed E-state index contributed by atoms with van der Waals surface area (Å²) in [6, 6.07) is 3.65. The molecule has 0 aliphatic rings. The van der Waals surface area contributed by atoms with Gasteiger partial charge in [-0.15, -0.1) is 0 Å². The minimum atomic E-state index is 0.617. The number of pyridine rings is 1. The largest absolute Gasteiger partial charge is 0.320 e. The lowest BCUT2D eigenvalue weighted by atomic mass is 10.1. The molecule has 2 aromatic rings. The lowest BCUT2D eigenvalue weighted by Gasteiger charge is -2.10. The Labute approximate surface area is 124 Å². The molecule has 0 aliphatic heterocycles. The molecule has 0 saturated carbocycles. The average molecular weight is 291 g/mol. The Balaban J connectivity index is 2.27. The molecule has 20 heavy (non-hydrogen) atoms. The third kappa shape index (κ3) is 3.52. The molecule has 0 aromatic carbocycles. The van der Waals surface area contributed by atoms with Gasteiger partial charge in [0.2, 0.25) is 0 Å². The molecule has 0 amide bonds. The van der Waals surface area contributed by atoms with E-state index in [-0.39, 0.29) is 0 Å². The van der Waals surface area contributed by atoms with Crippen LogP contribution < -0.4 is 5.32 Å². The second-order valence-electron chi connectivity index (χ2n) is 4.77. The van der Waals surface area contributed by atoms with Crippen molar-refractivity contribution >= 4 is 11.6 Å². The van der Waals surface area contributed by atoms with Gasteiger partial charge in [0, 0.05) is 17.6 Å². The van der Waals surface area contributed by atoms with Gasteiger partial charge in [0.25, 0.3) is 0 Å². The van der Waals surface area contributed by atoms with Crippen molar-refractivity contribution in [2.45, 2.75) is 26.7 Å². The Morgan fingerprint density at radius 3 is 2.40 bits per heavy atom. The van der Waals surface area contributed by atoms with E-state index in [1.54, 1.807) is 12.3 Å². The van der Waals surface area contributed by atoms with Gasteiger partial charge in [0.05, 0.1) is 5.02 Å². The molecule has 0 saturated heterocycles. The van der Waals surface area contributed by atoms with Crippen molar-refractivity contribution in [3.05, 3.63) is 40.3 Å². The molecule has 0 bridgehead atoms. The maximum atomic E-state index is 5.85. The van der Waals surface area contributed by atoms with Crippen LogP contribution in [0.25, 0.3) is 11.5 Å². The highest BCUT2D eigenvalue weighted by molar-refractivity contribution is 6.30. The predicted molar refractivity (Wildman–Crippen MR) is 82.0 cm³/mol. The molecule has 5 heteroatoms. The standard InChI is InChI=1S/C15H19ClN4/c1-10-13(5-4-8-17-3)11(2)20-15(19-10)14-7-6-12(16)9-18-14/h6-7,9,17H,4-5,8H2,1-3H3. The molecule has 106 valence electrons. The summed E-state index contributed by atoms with van der Waals surface area (Å²) in [6.07, 6.45) is 3.69. The van der Waals surface area contributed by atoms with Crippen LogP contribution in [-0.2, 0) is 6.42 Å². The Morgan fingerprint density at radius 1 is 1.15 bits per heavy atom. The van der Waals surface area contributed by atoms with Crippen LogP contribution in [0.15, 0.2) is 18.3 Å². The van der Waals surface area contributed by atoms with Crippen molar-refractivity contribution in [2.75, 3.05) is 13.6 Å². The molecular formula is C15H19ClN4. The fraction of sp³-hybridized carbons (Fsp3) is 0.400. The quantitative estimate of drug-likeness (QED) is 0.860. The van der Waals surface area contributed by atoms with E-state index in [1.807, 2.05) is 27.0 Å². The first-order valence-electron chi connectivity index (χ1n) is 6.72. The maximum absolute atomic E-state index is 5.85. The van der Waals surface area contributed by atoms with Crippen LogP contribution in [0.2, 0.25) is 5.02 Å². The van der Waals surface area contributed by atoms with Gasteiger partial charge in [-0.05, 0) is 58.0 Å². The van der Waals surface area contributed by atoms with Crippen LogP contribution >= 0.6 is 11.6 Å². The minimum Gasteiger partial charge on any atom is -0.320 e. The normalized spacial score (nSPS) is 10.8. The molecule has 0 fully saturated rings. The van der Waals surface area contributed by atoms with E-state index < -0.39 is 0 Å². The third-order valence-electron chi connectivity index (χ3n) is 3.23. The van der Waals surface area contributed by atoms with Gasteiger partial charge in [-0.2, -0.15) is 0 Å². The highest BCUT2D eigenvalue weighted by Crippen LogP contribution is 2.19. The van der Waals surface area contributed by atoms with Crippen molar-refractivity contribution in [1.82, 2.24) is 20.3 Å². The Bertz CT molecular complexity index is 558. The molecule has 0 spiro atoms. The number of rotatable bonds is 5. The van der Waals surface area contributed by atoms with Crippen molar-refractivity contribution in [3.63, 3.8) is 0 Å². The Morgan fingerprint density at radius 2 is 1.85 bits per heavy atom. The Kier molecular flexibility index (Phi) is 5.04. The van der Waals surface area contributed by atoms with E-state index >= 15 is 0 Å². The van der Waals surface area contributed by atoms with Crippen molar-refractivity contribution in [1.29, 1.82) is 0 Å². The van der Waals surface area contributed by atoms with E-state index in [2.05, 4.69) is 20.3 Å². The van der Waals surface area contributed by atoms with Crippen LogP contribution in [0.5, 0.6) is 0 Å². The summed E-state index contributed by atoms with van der Waals surface area (Å²) >= 11 is 5.85.